The fourth-order valence-electron chi connectivity index (χ4n) is 2.34. The number of halogens is 1. The molecule has 0 aliphatic heterocycles. The second kappa shape index (κ2) is 6.92. The van der Waals surface area contributed by atoms with Crippen LogP contribution in [-0.4, -0.2) is 25.4 Å². The SMILES string of the molecule is O=S(=O)(Nc1ccc(F)c(C#CCCO)c1)C1CCCC1. The van der Waals surface area contributed by atoms with Crippen molar-refractivity contribution >= 4 is 15.7 Å². The van der Waals surface area contributed by atoms with Crippen LogP contribution in [-0.2, 0) is 10.0 Å². The van der Waals surface area contributed by atoms with Crippen LogP contribution in [0.2, 0.25) is 0 Å². The van der Waals surface area contributed by atoms with E-state index in [2.05, 4.69) is 16.6 Å². The molecular formula is C15H18FNO3S. The number of nitrogens with one attached hydrogen (secondary N) is 1. The Morgan fingerprint density at radius 1 is 1.33 bits per heavy atom. The number of hydrogen-bond acceptors (Lipinski definition) is 3. The van der Waals surface area contributed by atoms with Crippen LogP contribution in [0.15, 0.2) is 18.2 Å². The van der Waals surface area contributed by atoms with Crippen LogP contribution in [0.3, 0.4) is 0 Å². The Morgan fingerprint density at radius 3 is 2.71 bits per heavy atom. The van der Waals surface area contributed by atoms with Gasteiger partial charge in [0.2, 0.25) is 10.0 Å². The van der Waals surface area contributed by atoms with Gasteiger partial charge in [-0.25, -0.2) is 12.8 Å². The molecule has 0 saturated heterocycles. The number of aliphatic hydroxyl groups excluding tert-OH is 1. The monoisotopic (exact) mass is 311 g/mol. The van der Waals surface area contributed by atoms with Gasteiger partial charge in [-0.05, 0) is 31.0 Å². The van der Waals surface area contributed by atoms with Crippen molar-refractivity contribution in [1.82, 2.24) is 0 Å². The molecule has 114 valence electrons. The maximum Gasteiger partial charge on any atom is 0.235 e. The van der Waals surface area contributed by atoms with E-state index in [1.54, 1.807) is 0 Å². The third-order valence-corrected chi connectivity index (χ3v) is 5.30. The van der Waals surface area contributed by atoms with Crippen LogP contribution in [0.25, 0.3) is 0 Å². The fourth-order valence-corrected chi connectivity index (χ4v) is 3.92. The van der Waals surface area contributed by atoms with E-state index in [1.807, 2.05) is 0 Å². The number of anilines is 1. The lowest BCUT2D eigenvalue weighted by Crippen LogP contribution is -2.25. The summed E-state index contributed by atoms with van der Waals surface area (Å²) in [4.78, 5) is 0. The molecule has 0 bridgehead atoms. The van der Waals surface area contributed by atoms with Crippen LogP contribution in [0.5, 0.6) is 0 Å². The Bertz CT molecular complexity index is 655. The molecule has 0 amide bonds. The maximum atomic E-state index is 13.6. The van der Waals surface area contributed by atoms with E-state index < -0.39 is 15.8 Å². The van der Waals surface area contributed by atoms with Crippen molar-refractivity contribution < 1.29 is 17.9 Å². The van der Waals surface area contributed by atoms with Crippen molar-refractivity contribution in [3.05, 3.63) is 29.6 Å². The van der Waals surface area contributed by atoms with E-state index >= 15 is 0 Å². The van der Waals surface area contributed by atoms with Gasteiger partial charge in [0.1, 0.15) is 5.82 Å². The lowest BCUT2D eigenvalue weighted by Gasteiger charge is -2.13. The topological polar surface area (TPSA) is 66.4 Å². The summed E-state index contributed by atoms with van der Waals surface area (Å²) in [5, 5.41) is 8.29. The summed E-state index contributed by atoms with van der Waals surface area (Å²) >= 11 is 0. The Kier molecular flexibility index (Phi) is 5.21. The Morgan fingerprint density at radius 2 is 2.05 bits per heavy atom. The smallest absolute Gasteiger partial charge is 0.235 e. The predicted molar refractivity (Wildman–Crippen MR) is 79.8 cm³/mol. The first kappa shape index (κ1) is 15.8. The molecule has 0 unspecified atom stereocenters. The number of aliphatic hydroxyl groups is 1. The molecular weight excluding hydrogens is 293 g/mol. The zero-order chi connectivity index (χ0) is 15.3. The highest BCUT2D eigenvalue weighted by atomic mass is 32.2. The van der Waals surface area contributed by atoms with E-state index in [1.165, 1.54) is 18.2 Å². The molecule has 0 radical (unpaired) electrons. The lowest BCUT2D eigenvalue weighted by molar-refractivity contribution is 0.305. The van der Waals surface area contributed by atoms with E-state index in [0.717, 1.165) is 12.8 Å². The molecule has 1 fully saturated rings. The minimum absolute atomic E-state index is 0.0946. The lowest BCUT2D eigenvalue weighted by atomic mass is 10.2. The van der Waals surface area contributed by atoms with Crippen molar-refractivity contribution in [1.29, 1.82) is 0 Å². The highest BCUT2D eigenvalue weighted by Gasteiger charge is 2.28. The summed E-state index contributed by atoms with van der Waals surface area (Å²) in [6.07, 6.45) is 3.43. The summed E-state index contributed by atoms with van der Waals surface area (Å²) in [5.41, 5.74) is 0.437. The first-order valence-electron chi connectivity index (χ1n) is 6.94. The average Bonchev–Trinajstić information content (AvgIpc) is 2.97. The van der Waals surface area contributed by atoms with Gasteiger partial charge in [-0.15, -0.1) is 0 Å². The Hall–Kier alpha value is -1.58. The van der Waals surface area contributed by atoms with Crippen LogP contribution < -0.4 is 4.72 Å². The zero-order valence-electron chi connectivity index (χ0n) is 11.6. The quantitative estimate of drug-likeness (QED) is 0.838. The molecule has 2 N–H and O–H groups in total. The third kappa shape index (κ3) is 4.19. The normalized spacial score (nSPS) is 15.5. The molecule has 1 aromatic carbocycles. The van der Waals surface area contributed by atoms with Gasteiger partial charge >= 0.3 is 0 Å². The molecule has 1 aromatic rings. The molecule has 21 heavy (non-hydrogen) atoms. The minimum Gasteiger partial charge on any atom is -0.395 e. The summed E-state index contributed by atoms with van der Waals surface area (Å²) in [6, 6.07) is 3.96. The van der Waals surface area contributed by atoms with Crippen molar-refractivity contribution in [3.8, 4) is 11.8 Å². The zero-order valence-corrected chi connectivity index (χ0v) is 12.4. The first-order chi connectivity index (χ1) is 10.0. The molecule has 1 saturated carbocycles. The van der Waals surface area contributed by atoms with Gasteiger partial charge in [0.25, 0.3) is 0 Å². The fraction of sp³-hybridized carbons (Fsp3) is 0.467. The van der Waals surface area contributed by atoms with Crippen molar-refractivity contribution in [2.24, 2.45) is 0 Å². The molecule has 0 aromatic heterocycles. The second-order valence-corrected chi connectivity index (χ2v) is 6.98. The molecule has 0 spiro atoms. The van der Waals surface area contributed by atoms with Crippen molar-refractivity contribution in [3.63, 3.8) is 0 Å². The Balaban J connectivity index is 2.17. The molecule has 6 heteroatoms. The largest absolute Gasteiger partial charge is 0.395 e. The molecule has 4 nitrogen and oxygen atoms in total. The second-order valence-electron chi connectivity index (χ2n) is 5.02. The van der Waals surface area contributed by atoms with Gasteiger partial charge < -0.3 is 5.11 Å². The van der Waals surface area contributed by atoms with Crippen LogP contribution in [0.1, 0.15) is 37.7 Å². The van der Waals surface area contributed by atoms with Gasteiger partial charge in [0, 0.05) is 12.1 Å². The standard InChI is InChI=1S/C15H18FNO3S/c16-15-9-8-13(11-12(15)5-3-4-10-18)17-21(19,20)14-6-1-2-7-14/h8-9,11,14,17-18H,1-2,4,6-7,10H2. The maximum absolute atomic E-state index is 13.6. The van der Waals surface area contributed by atoms with Crippen LogP contribution >= 0.6 is 0 Å². The summed E-state index contributed by atoms with van der Waals surface area (Å²) in [5.74, 6) is 4.70. The van der Waals surface area contributed by atoms with Gasteiger partial charge in [-0.1, -0.05) is 24.7 Å². The minimum atomic E-state index is -3.43. The van der Waals surface area contributed by atoms with Gasteiger partial charge in [0.15, 0.2) is 0 Å². The molecule has 0 atom stereocenters. The summed E-state index contributed by atoms with van der Waals surface area (Å²) in [7, 11) is -3.43. The predicted octanol–water partition coefficient (Wildman–Crippen LogP) is 2.24. The number of hydrogen-bond donors (Lipinski definition) is 2. The average molecular weight is 311 g/mol. The first-order valence-corrected chi connectivity index (χ1v) is 8.48. The van der Waals surface area contributed by atoms with Gasteiger partial charge in [-0.2, -0.15) is 0 Å². The van der Waals surface area contributed by atoms with Crippen LogP contribution in [0.4, 0.5) is 10.1 Å². The highest BCUT2D eigenvalue weighted by Crippen LogP contribution is 2.26. The van der Waals surface area contributed by atoms with E-state index in [4.69, 9.17) is 5.11 Å². The molecule has 1 aliphatic rings. The van der Waals surface area contributed by atoms with Gasteiger partial charge in [0.05, 0.1) is 17.4 Å². The number of sulfonamides is 1. The molecule has 2 rings (SSSR count). The van der Waals surface area contributed by atoms with Crippen molar-refractivity contribution in [2.75, 3.05) is 11.3 Å². The van der Waals surface area contributed by atoms with E-state index in [9.17, 15) is 12.8 Å². The van der Waals surface area contributed by atoms with E-state index in [0.29, 0.717) is 18.5 Å². The number of benzene rings is 1. The van der Waals surface area contributed by atoms with E-state index in [-0.39, 0.29) is 23.8 Å². The third-order valence-electron chi connectivity index (χ3n) is 3.43. The number of rotatable bonds is 4. The molecule has 1 aliphatic carbocycles. The van der Waals surface area contributed by atoms with Crippen LogP contribution in [0, 0.1) is 17.7 Å². The Labute approximate surface area is 124 Å². The summed E-state index contributed by atoms with van der Waals surface area (Å²) < 4.78 is 40.5. The highest BCUT2D eigenvalue weighted by molar-refractivity contribution is 7.93. The van der Waals surface area contributed by atoms with Gasteiger partial charge in [-0.3, -0.25) is 4.72 Å². The molecule has 0 heterocycles. The van der Waals surface area contributed by atoms with Crippen molar-refractivity contribution in [2.45, 2.75) is 37.4 Å². The summed E-state index contributed by atoms with van der Waals surface area (Å²) in [6.45, 7) is -0.0946.